The molecule has 92 valence electrons. The summed E-state index contributed by atoms with van der Waals surface area (Å²) in [6, 6.07) is 8.03. The number of hydrogen-bond donors (Lipinski definition) is 3. The van der Waals surface area contributed by atoms with Gasteiger partial charge in [-0.25, -0.2) is 4.79 Å². The highest BCUT2D eigenvalue weighted by molar-refractivity contribution is 5.94. The third-order valence-corrected chi connectivity index (χ3v) is 2.80. The molecular formula is C12H18N4O. The smallest absolute Gasteiger partial charge is 0.321 e. The lowest BCUT2D eigenvalue weighted by molar-refractivity contribution is 0.252. The Hall–Kier alpha value is -1.75. The monoisotopic (exact) mass is 234 g/mol. The molecule has 0 saturated carbocycles. The van der Waals surface area contributed by atoms with Gasteiger partial charge in [0.2, 0.25) is 0 Å². The van der Waals surface area contributed by atoms with Crippen molar-refractivity contribution in [1.29, 1.82) is 0 Å². The maximum absolute atomic E-state index is 11.5. The van der Waals surface area contributed by atoms with Gasteiger partial charge in [0.15, 0.2) is 0 Å². The average Bonchev–Trinajstić information content (AvgIpc) is 2.76. The van der Waals surface area contributed by atoms with Crippen molar-refractivity contribution in [3.63, 3.8) is 0 Å². The van der Waals surface area contributed by atoms with Gasteiger partial charge in [-0.1, -0.05) is 0 Å². The molecule has 0 aliphatic carbocycles. The van der Waals surface area contributed by atoms with Gasteiger partial charge in [0.1, 0.15) is 0 Å². The first-order valence-corrected chi connectivity index (χ1v) is 5.83. The number of carbonyl (C=O) groups is 1. The number of nitrogens with two attached hydrogens (primary N) is 1. The summed E-state index contributed by atoms with van der Waals surface area (Å²) in [6.45, 7) is 4.06. The van der Waals surface area contributed by atoms with Crippen molar-refractivity contribution in [3.05, 3.63) is 24.3 Å². The predicted molar refractivity (Wildman–Crippen MR) is 69.3 cm³/mol. The summed E-state index contributed by atoms with van der Waals surface area (Å²) in [7, 11) is 0. The molecule has 0 radical (unpaired) electrons. The van der Waals surface area contributed by atoms with Crippen molar-refractivity contribution in [3.8, 4) is 0 Å². The Morgan fingerprint density at radius 3 is 2.71 bits per heavy atom. The van der Waals surface area contributed by atoms with Crippen molar-refractivity contribution >= 4 is 17.4 Å². The Kier molecular flexibility index (Phi) is 3.49. The Morgan fingerprint density at radius 1 is 1.47 bits per heavy atom. The predicted octanol–water partition coefficient (Wildman–Crippen LogP) is 0.975. The molecule has 1 aromatic rings. The van der Waals surface area contributed by atoms with Gasteiger partial charge in [-0.05, 0) is 31.2 Å². The Labute approximate surface area is 101 Å². The van der Waals surface area contributed by atoms with Crippen molar-refractivity contribution < 1.29 is 4.79 Å². The minimum absolute atomic E-state index is 0.0268. The molecule has 1 atom stereocenters. The van der Waals surface area contributed by atoms with Crippen LogP contribution in [-0.4, -0.2) is 31.7 Å². The number of urea groups is 1. The van der Waals surface area contributed by atoms with Gasteiger partial charge in [0.25, 0.3) is 0 Å². The molecule has 5 nitrogen and oxygen atoms in total. The van der Waals surface area contributed by atoms with Crippen molar-refractivity contribution in [2.45, 2.75) is 13.0 Å². The molecule has 1 unspecified atom stereocenters. The average molecular weight is 234 g/mol. The fourth-order valence-electron chi connectivity index (χ4n) is 1.80. The topological polar surface area (TPSA) is 70.4 Å². The van der Waals surface area contributed by atoms with Crippen molar-refractivity contribution in [2.24, 2.45) is 5.73 Å². The molecule has 2 rings (SSSR count). The first kappa shape index (κ1) is 11.7. The van der Waals surface area contributed by atoms with E-state index in [1.807, 2.05) is 31.2 Å². The normalized spacial score (nSPS) is 16.8. The zero-order valence-electron chi connectivity index (χ0n) is 9.94. The summed E-state index contributed by atoms with van der Waals surface area (Å²) in [5, 5.41) is 6.06. The third kappa shape index (κ3) is 2.68. The van der Waals surface area contributed by atoms with Crippen LogP contribution in [0.2, 0.25) is 0 Å². The third-order valence-electron chi connectivity index (χ3n) is 2.80. The minimum atomic E-state index is -0.0268. The summed E-state index contributed by atoms with van der Waals surface area (Å²) >= 11 is 0. The number of nitrogens with one attached hydrogen (secondary N) is 2. The highest BCUT2D eigenvalue weighted by Crippen LogP contribution is 2.19. The van der Waals surface area contributed by atoms with Crippen LogP contribution in [0.15, 0.2) is 24.3 Å². The second-order valence-electron chi connectivity index (χ2n) is 4.21. The SMILES string of the molecule is CC(CN)Nc1ccc(N2CCNC2=O)cc1. The first-order valence-electron chi connectivity index (χ1n) is 5.83. The Bertz CT molecular complexity index is 390. The maximum Gasteiger partial charge on any atom is 0.321 e. The summed E-state index contributed by atoms with van der Waals surface area (Å²) in [5.74, 6) is 0. The van der Waals surface area contributed by atoms with Gasteiger partial charge in [-0.3, -0.25) is 4.90 Å². The molecule has 1 heterocycles. The van der Waals surface area contributed by atoms with Gasteiger partial charge in [-0.2, -0.15) is 0 Å². The molecule has 1 saturated heterocycles. The van der Waals surface area contributed by atoms with E-state index in [0.29, 0.717) is 13.1 Å². The highest BCUT2D eigenvalue weighted by Gasteiger charge is 2.20. The number of benzene rings is 1. The van der Waals surface area contributed by atoms with Gasteiger partial charge < -0.3 is 16.4 Å². The zero-order valence-corrected chi connectivity index (χ0v) is 9.94. The van der Waals surface area contributed by atoms with E-state index in [1.165, 1.54) is 0 Å². The largest absolute Gasteiger partial charge is 0.381 e. The summed E-state index contributed by atoms with van der Waals surface area (Å²) in [4.78, 5) is 13.2. The highest BCUT2D eigenvalue weighted by atomic mass is 16.2. The van der Waals surface area contributed by atoms with Crippen LogP contribution in [0.4, 0.5) is 16.2 Å². The number of amides is 2. The molecule has 1 aliphatic heterocycles. The van der Waals surface area contributed by atoms with Gasteiger partial charge in [0.05, 0.1) is 0 Å². The first-order chi connectivity index (χ1) is 8.20. The quantitative estimate of drug-likeness (QED) is 0.727. The van der Waals surface area contributed by atoms with E-state index in [0.717, 1.165) is 17.9 Å². The zero-order chi connectivity index (χ0) is 12.3. The standard InChI is InChI=1S/C12H18N4O/c1-9(8-13)15-10-2-4-11(5-3-10)16-7-6-14-12(16)17/h2-5,9,15H,6-8,13H2,1H3,(H,14,17). The van der Waals surface area contributed by atoms with E-state index in [4.69, 9.17) is 5.73 Å². The van der Waals surface area contributed by atoms with Gasteiger partial charge in [-0.15, -0.1) is 0 Å². The lowest BCUT2D eigenvalue weighted by Gasteiger charge is -2.16. The number of carbonyl (C=O) groups excluding carboxylic acids is 1. The summed E-state index contributed by atoms with van der Waals surface area (Å²) < 4.78 is 0. The molecule has 2 amide bonds. The van der Waals surface area contributed by atoms with E-state index < -0.39 is 0 Å². The van der Waals surface area contributed by atoms with Crippen LogP contribution in [-0.2, 0) is 0 Å². The van der Waals surface area contributed by atoms with Crippen LogP contribution < -0.4 is 21.3 Å². The lowest BCUT2D eigenvalue weighted by atomic mass is 10.2. The molecule has 0 bridgehead atoms. The molecule has 17 heavy (non-hydrogen) atoms. The van der Waals surface area contributed by atoms with Crippen LogP contribution in [0.5, 0.6) is 0 Å². The van der Waals surface area contributed by atoms with Crippen molar-refractivity contribution in [2.75, 3.05) is 29.9 Å². The number of hydrogen-bond acceptors (Lipinski definition) is 3. The molecule has 4 N–H and O–H groups in total. The molecule has 0 aromatic heterocycles. The number of rotatable bonds is 4. The van der Waals surface area contributed by atoms with E-state index in [-0.39, 0.29) is 12.1 Å². The van der Waals surface area contributed by atoms with E-state index in [9.17, 15) is 4.79 Å². The van der Waals surface area contributed by atoms with Crippen LogP contribution in [0.3, 0.4) is 0 Å². The minimum Gasteiger partial charge on any atom is -0.381 e. The van der Waals surface area contributed by atoms with E-state index >= 15 is 0 Å². The van der Waals surface area contributed by atoms with Crippen molar-refractivity contribution in [1.82, 2.24) is 5.32 Å². The molecule has 1 aromatic carbocycles. The Morgan fingerprint density at radius 2 is 2.18 bits per heavy atom. The molecule has 1 fully saturated rings. The van der Waals surface area contributed by atoms with E-state index in [2.05, 4.69) is 10.6 Å². The lowest BCUT2D eigenvalue weighted by Crippen LogP contribution is -2.27. The van der Waals surface area contributed by atoms with Gasteiger partial charge >= 0.3 is 6.03 Å². The Balaban J connectivity index is 2.05. The van der Waals surface area contributed by atoms with Crippen LogP contribution in [0.1, 0.15) is 6.92 Å². The second kappa shape index (κ2) is 5.05. The fourth-order valence-corrected chi connectivity index (χ4v) is 1.80. The van der Waals surface area contributed by atoms with Crippen LogP contribution in [0, 0.1) is 0 Å². The van der Waals surface area contributed by atoms with Crippen LogP contribution in [0.25, 0.3) is 0 Å². The molecule has 1 aliphatic rings. The fraction of sp³-hybridized carbons (Fsp3) is 0.417. The van der Waals surface area contributed by atoms with E-state index in [1.54, 1.807) is 4.90 Å². The number of nitrogens with zero attached hydrogens (tertiary/aromatic N) is 1. The molecule has 0 spiro atoms. The second-order valence-corrected chi connectivity index (χ2v) is 4.21. The molecular weight excluding hydrogens is 216 g/mol. The number of anilines is 2. The van der Waals surface area contributed by atoms with Crippen LogP contribution >= 0.6 is 0 Å². The summed E-state index contributed by atoms with van der Waals surface area (Å²) in [6.07, 6.45) is 0. The molecule has 5 heteroatoms. The van der Waals surface area contributed by atoms with Gasteiger partial charge in [0, 0.05) is 37.1 Å². The summed E-state index contributed by atoms with van der Waals surface area (Å²) in [5.41, 5.74) is 7.49. The maximum atomic E-state index is 11.5.